The topological polar surface area (TPSA) is 56.5 Å². The van der Waals surface area contributed by atoms with Gasteiger partial charge in [0.05, 0.1) is 11.4 Å². The van der Waals surface area contributed by atoms with E-state index >= 15 is 0 Å². The Kier molecular flexibility index (Phi) is 3.19. The molecule has 1 aromatic carbocycles. The summed E-state index contributed by atoms with van der Waals surface area (Å²) >= 11 is 0. The second kappa shape index (κ2) is 4.79. The molecule has 1 heterocycles. The van der Waals surface area contributed by atoms with Crippen LogP contribution in [-0.2, 0) is 0 Å². The first-order valence-electron chi connectivity index (χ1n) is 5.35. The molecular formula is C12H16N2O2. The first kappa shape index (κ1) is 10.7. The van der Waals surface area contributed by atoms with Crippen LogP contribution in [0.25, 0.3) is 0 Å². The summed E-state index contributed by atoms with van der Waals surface area (Å²) in [6.45, 7) is 5.65. The van der Waals surface area contributed by atoms with Gasteiger partial charge in [0.2, 0.25) is 0 Å². The number of nitrogen functional groups attached to an aromatic ring is 1. The van der Waals surface area contributed by atoms with Crippen molar-refractivity contribution in [1.29, 1.82) is 0 Å². The van der Waals surface area contributed by atoms with Crippen molar-refractivity contribution in [1.82, 2.24) is 0 Å². The molecule has 4 nitrogen and oxygen atoms in total. The summed E-state index contributed by atoms with van der Waals surface area (Å²) in [5.74, 6) is 1.47. The smallest absolute Gasteiger partial charge is 0.163 e. The number of anilines is 2. The van der Waals surface area contributed by atoms with Crippen LogP contribution in [0.3, 0.4) is 0 Å². The zero-order chi connectivity index (χ0) is 11.4. The van der Waals surface area contributed by atoms with Crippen LogP contribution < -0.4 is 20.5 Å². The van der Waals surface area contributed by atoms with E-state index in [-0.39, 0.29) is 0 Å². The van der Waals surface area contributed by atoms with Crippen molar-refractivity contribution in [2.75, 3.05) is 30.8 Å². The zero-order valence-corrected chi connectivity index (χ0v) is 9.16. The van der Waals surface area contributed by atoms with Crippen LogP contribution in [0.5, 0.6) is 11.5 Å². The maximum absolute atomic E-state index is 5.90. The molecule has 0 aromatic heterocycles. The number of ether oxygens (including phenoxy) is 2. The molecule has 3 N–H and O–H groups in total. The second-order valence-corrected chi connectivity index (χ2v) is 3.59. The highest BCUT2D eigenvalue weighted by Crippen LogP contribution is 2.36. The minimum atomic E-state index is 0.579. The average Bonchev–Trinajstić information content (AvgIpc) is 2.30. The van der Waals surface area contributed by atoms with Gasteiger partial charge in [-0.15, -0.1) is 6.58 Å². The highest BCUT2D eigenvalue weighted by molar-refractivity contribution is 5.72. The van der Waals surface area contributed by atoms with E-state index in [9.17, 15) is 0 Å². The number of hydrogen-bond acceptors (Lipinski definition) is 4. The predicted octanol–water partition coefficient (Wildman–Crippen LogP) is 2.03. The monoisotopic (exact) mass is 220 g/mol. The molecule has 0 fully saturated rings. The molecule has 0 saturated heterocycles. The third-order valence-corrected chi connectivity index (χ3v) is 2.38. The Morgan fingerprint density at radius 2 is 2.00 bits per heavy atom. The highest BCUT2D eigenvalue weighted by Gasteiger charge is 2.14. The van der Waals surface area contributed by atoms with E-state index in [4.69, 9.17) is 15.2 Å². The lowest BCUT2D eigenvalue weighted by Gasteiger charge is -2.20. The Bertz CT molecular complexity index is 391. The third-order valence-electron chi connectivity index (χ3n) is 2.38. The van der Waals surface area contributed by atoms with Gasteiger partial charge in [-0.05, 0) is 6.42 Å². The van der Waals surface area contributed by atoms with Gasteiger partial charge in [-0.1, -0.05) is 6.08 Å². The van der Waals surface area contributed by atoms with Crippen LogP contribution >= 0.6 is 0 Å². The van der Waals surface area contributed by atoms with Gasteiger partial charge in [0.25, 0.3) is 0 Å². The molecule has 4 heteroatoms. The van der Waals surface area contributed by atoms with Crippen molar-refractivity contribution < 1.29 is 9.47 Å². The third kappa shape index (κ3) is 2.21. The number of hydrogen-bond donors (Lipinski definition) is 2. The molecule has 0 aliphatic carbocycles. The summed E-state index contributed by atoms with van der Waals surface area (Å²) < 4.78 is 10.9. The van der Waals surface area contributed by atoms with Crippen molar-refractivity contribution >= 4 is 11.4 Å². The lowest BCUT2D eigenvalue weighted by molar-refractivity contribution is 0.172. The molecule has 0 saturated carbocycles. The minimum Gasteiger partial charge on any atom is -0.486 e. The SMILES string of the molecule is C=CCCNc1cc2c(cc1N)OCCO2. The molecule has 2 rings (SSSR count). The van der Waals surface area contributed by atoms with E-state index in [2.05, 4.69) is 11.9 Å². The summed E-state index contributed by atoms with van der Waals surface area (Å²) in [5.41, 5.74) is 7.46. The molecule has 0 unspecified atom stereocenters. The lowest BCUT2D eigenvalue weighted by Crippen LogP contribution is -2.16. The maximum Gasteiger partial charge on any atom is 0.163 e. The number of nitrogens with two attached hydrogens (primary N) is 1. The number of fused-ring (bicyclic) bond motifs is 1. The Morgan fingerprint density at radius 1 is 1.31 bits per heavy atom. The highest BCUT2D eigenvalue weighted by atomic mass is 16.6. The van der Waals surface area contributed by atoms with Gasteiger partial charge in [-0.3, -0.25) is 0 Å². The van der Waals surface area contributed by atoms with E-state index < -0.39 is 0 Å². The first-order chi connectivity index (χ1) is 7.81. The summed E-state index contributed by atoms with van der Waals surface area (Å²) in [6, 6.07) is 3.68. The molecule has 1 aromatic rings. The molecule has 0 radical (unpaired) electrons. The van der Waals surface area contributed by atoms with Crippen molar-refractivity contribution in [3.8, 4) is 11.5 Å². The van der Waals surface area contributed by atoms with E-state index in [1.807, 2.05) is 12.1 Å². The van der Waals surface area contributed by atoms with E-state index in [0.717, 1.165) is 30.2 Å². The van der Waals surface area contributed by atoms with E-state index in [1.165, 1.54) is 0 Å². The van der Waals surface area contributed by atoms with Gasteiger partial charge in [-0.2, -0.15) is 0 Å². The number of benzene rings is 1. The van der Waals surface area contributed by atoms with Crippen LogP contribution in [0.1, 0.15) is 6.42 Å². The second-order valence-electron chi connectivity index (χ2n) is 3.59. The van der Waals surface area contributed by atoms with Crippen LogP contribution in [0.4, 0.5) is 11.4 Å². The van der Waals surface area contributed by atoms with E-state index in [1.54, 1.807) is 6.07 Å². The molecule has 0 spiro atoms. The Labute approximate surface area is 95.0 Å². The van der Waals surface area contributed by atoms with Gasteiger partial charge < -0.3 is 20.5 Å². The minimum absolute atomic E-state index is 0.579. The van der Waals surface area contributed by atoms with Crippen LogP contribution in [0.2, 0.25) is 0 Å². The van der Waals surface area contributed by atoms with Crippen molar-refractivity contribution in [2.24, 2.45) is 0 Å². The Hall–Kier alpha value is -1.84. The van der Waals surface area contributed by atoms with Crippen LogP contribution in [-0.4, -0.2) is 19.8 Å². The first-order valence-corrected chi connectivity index (χ1v) is 5.35. The van der Waals surface area contributed by atoms with Gasteiger partial charge in [0.1, 0.15) is 13.2 Å². The summed E-state index contributed by atoms with van der Waals surface area (Å²) in [6.07, 6.45) is 2.76. The molecule has 0 atom stereocenters. The average molecular weight is 220 g/mol. The summed E-state index contributed by atoms with van der Waals surface area (Å²) in [4.78, 5) is 0. The van der Waals surface area contributed by atoms with Crippen molar-refractivity contribution in [3.63, 3.8) is 0 Å². The Morgan fingerprint density at radius 3 is 2.69 bits per heavy atom. The van der Waals surface area contributed by atoms with Crippen LogP contribution in [0.15, 0.2) is 24.8 Å². The fourth-order valence-electron chi connectivity index (χ4n) is 1.57. The fourth-order valence-corrected chi connectivity index (χ4v) is 1.57. The Balaban J connectivity index is 2.15. The number of nitrogens with one attached hydrogen (secondary N) is 1. The van der Waals surface area contributed by atoms with Gasteiger partial charge in [0.15, 0.2) is 11.5 Å². The predicted molar refractivity (Wildman–Crippen MR) is 65.1 cm³/mol. The standard InChI is InChI=1S/C12H16N2O2/c1-2-3-4-14-10-8-12-11(7-9(10)13)15-5-6-16-12/h2,7-8,14H,1,3-6,13H2. The lowest BCUT2D eigenvalue weighted by atomic mass is 10.2. The number of rotatable bonds is 4. The molecule has 86 valence electrons. The fraction of sp³-hybridized carbons (Fsp3) is 0.333. The summed E-state index contributed by atoms with van der Waals surface area (Å²) in [5, 5.41) is 3.23. The van der Waals surface area contributed by atoms with Crippen LogP contribution in [0, 0.1) is 0 Å². The van der Waals surface area contributed by atoms with E-state index in [0.29, 0.717) is 18.9 Å². The van der Waals surface area contributed by atoms with Gasteiger partial charge >= 0.3 is 0 Å². The zero-order valence-electron chi connectivity index (χ0n) is 9.16. The normalized spacial score (nSPS) is 13.2. The van der Waals surface area contributed by atoms with Crippen molar-refractivity contribution in [2.45, 2.75) is 6.42 Å². The largest absolute Gasteiger partial charge is 0.486 e. The van der Waals surface area contributed by atoms with Gasteiger partial charge in [0, 0.05) is 18.7 Å². The molecule has 16 heavy (non-hydrogen) atoms. The molecular weight excluding hydrogens is 204 g/mol. The molecule has 0 amide bonds. The molecule has 0 bridgehead atoms. The maximum atomic E-state index is 5.90. The quantitative estimate of drug-likeness (QED) is 0.463. The molecule has 1 aliphatic heterocycles. The molecule has 1 aliphatic rings. The van der Waals surface area contributed by atoms with Gasteiger partial charge in [-0.25, -0.2) is 0 Å². The van der Waals surface area contributed by atoms with Crippen molar-refractivity contribution in [3.05, 3.63) is 24.8 Å². The summed E-state index contributed by atoms with van der Waals surface area (Å²) in [7, 11) is 0.